The van der Waals surface area contributed by atoms with Crippen molar-refractivity contribution in [2.75, 3.05) is 13.7 Å². The van der Waals surface area contributed by atoms with Crippen LogP contribution >= 0.6 is 11.6 Å². The summed E-state index contributed by atoms with van der Waals surface area (Å²) in [5, 5.41) is 5.83. The van der Waals surface area contributed by atoms with Gasteiger partial charge in [0.25, 0.3) is 0 Å². The van der Waals surface area contributed by atoms with E-state index in [-0.39, 0.29) is 31.2 Å². The zero-order valence-corrected chi connectivity index (χ0v) is 26.5. The molecule has 10 heteroatoms. The smallest absolute Gasteiger partial charge is 0.348 e. The average Bonchev–Trinajstić information content (AvgIpc) is 3.00. The number of esters is 2. The van der Waals surface area contributed by atoms with E-state index in [9.17, 15) is 19.2 Å². The first-order chi connectivity index (χ1) is 21.0. The van der Waals surface area contributed by atoms with Crippen molar-refractivity contribution >= 4 is 41.4 Å². The van der Waals surface area contributed by atoms with E-state index in [4.69, 9.17) is 25.8 Å². The summed E-state index contributed by atoms with van der Waals surface area (Å²) in [6.45, 7) is 6.96. The third kappa shape index (κ3) is 10.3. The van der Waals surface area contributed by atoms with Crippen LogP contribution in [0, 0.1) is 17.8 Å². The Morgan fingerprint density at radius 1 is 1.02 bits per heavy atom. The maximum absolute atomic E-state index is 13.3. The van der Waals surface area contributed by atoms with Gasteiger partial charge in [-0.05, 0) is 29.3 Å². The normalized spacial score (nSPS) is 23.1. The third-order valence-electron chi connectivity index (χ3n) is 7.24. The summed E-state index contributed by atoms with van der Waals surface area (Å²) in [5.74, 6) is -3.18. The Morgan fingerprint density at radius 2 is 1.75 bits per heavy atom. The first-order valence-electron chi connectivity index (χ1n) is 14.7. The quantitative estimate of drug-likeness (QED) is 0.420. The molecule has 0 bridgehead atoms. The Morgan fingerprint density at radius 3 is 2.41 bits per heavy atom. The number of rotatable bonds is 7. The van der Waals surface area contributed by atoms with Crippen LogP contribution in [0.3, 0.4) is 0 Å². The molecule has 44 heavy (non-hydrogen) atoms. The summed E-state index contributed by atoms with van der Waals surface area (Å²) in [6.07, 6.45) is 5.35. The maximum atomic E-state index is 13.3. The number of nitrogens with one attached hydrogen (secondary N) is 2. The average molecular weight is 625 g/mol. The fourth-order valence-corrected chi connectivity index (χ4v) is 4.79. The number of hydrogen-bond donors (Lipinski definition) is 2. The number of carbonyl (C=O) groups is 4. The maximum Gasteiger partial charge on any atom is 0.348 e. The summed E-state index contributed by atoms with van der Waals surface area (Å²) in [5.41, 5.74) is 1.69. The van der Waals surface area contributed by atoms with Crippen molar-refractivity contribution in [3.8, 4) is 5.75 Å². The standard InChI is InChI=1S/C34H41ClN2O7/c1-21(2)31-34(41)43-28(22(3)14-15-24-10-7-6-8-11-24)12-9-13-30(38)37-27(32(39)36-20-23(4)33(40)44-31)19-25-16-17-29(42-5)26(35)18-25/h6-11,13-18,21-23,27-28,31H,12,19-20H2,1-5H3,(H,36,39)(H,37,38). The van der Waals surface area contributed by atoms with Crippen molar-refractivity contribution in [1.82, 2.24) is 10.6 Å². The Bertz CT molecular complexity index is 1360. The third-order valence-corrected chi connectivity index (χ3v) is 7.53. The van der Waals surface area contributed by atoms with Gasteiger partial charge in [-0.3, -0.25) is 14.4 Å². The number of cyclic esters (lactones) is 2. The van der Waals surface area contributed by atoms with Gasteiger partial charge in [-0.15, -0.1) is 0 Å². The summed E-state index contributed by atoms with van der Waals surface area (Å²) in [7, 11) is 1.50. The fraction of sp³-hybridized carbons (Fsp3) is 0.412. The highest BCUT2D eigenvalue weighted by Crippen LogP contribution is 2.26. The molecule has 5 unspecified atom stereocenters. The van der Waals surface area contributed by atoms with E-state index >= 15 is 0 Å². The molecular formula is C34H41ClN2O7. The molecule has 2 aromatic carbocycles. The minimum atomic E-state index is -1.14. The van der Waals surface area contributed by atoms with Gasteiger partial charge in [0.15, 0.2) is 0 Å². The van der Waals surface area contributed by atoms with Gasteiger partial charge in [0.2, 0.25) is 17.9 Å². The van der Waals surface area contributed by atoms with E-state index in [2.05, 4.69) is 10.6 Å². The first kappa shape index (κ1) is 34.4. The van der Waals surface area contributed by atoms with Gasteiger partial charge in [0.1, 0.15) is 17.9 Å². The van der Waals surface area contributed by atoms with Crippen LogP contribution in [0.5, 0.6) is 5.75 Å². The highest BCUT2D eigenvalue weighted by molar-refractivity contribution is 6.32. The van der Waals surface area contributed by atoms with Crippen LogP contribution in [0.25, 0.3) is 6.08 Å². The molecule has 1 aliphatic heterocycles. The van der Waals surface area contributed by atoms with Crippen molar-refractivity contribution in [2.45, 2.75) is 58.8 Å². The predicted molar refractivity (Wildman–Crippen MR) is 169 cm³/mol. The first-order valence-corrected chi connectivity index (χ1v) is 15.1. The molecule has 1 heterocycles. The molecule has 2 aromatic rings. The molecule has 2 N–H and O–H groups in total. The lowest BCUT2D eigenvalue weighted by molar-refractivity contribution is -0.177. The van der Waals surface area contributed by atoms with Gasteiger partial charge in [-0.1, -0.05) is 93.9 Å². The molecular weight excluding hydrogens is 584 g/mol. The van der Waals surface area contributed by atoms with E-state index in [0.717, 1.165) is 5.56 Å². The minimum Gasteiger partial charge on any atom is -0.495 e. The van der Waals surface area contributed by atoms with E-state index in [1.54, 1.807) is 45.0 Å². The van der Waals surface area contributed by atoms with Crippen LogP contribution in [0.1, 0.15) is 45.2 Å². The summed E-state index contributed by atoms with van der Waals surface area (Å²) in [4.78, 5) is 52.5. The molecule has 0 saturated heterocycles. The molecule has 0 aromatic heterocycles. The predicted octanol–water partition coefficient (Wildman–Crippen LogP) is 4.92. The van der Waals surface area contributed by atoms with Crippen LogP contribution in [0.15, 0.2) is 66.8 Å². The molecule has 1 aliphatic rings. The largest absolute Gasteiger partial charge is 0.495 e. The van der Waals surface area contributed by atoms with Crippen molar-refractivity contribution in [3.63, 3.8) is 0 Å². The van der Waals surface area contributed by atoms with Crippen molar-refractivity contribution in [3.05, 3.63) is 82.9 Å². The molecule has 0 fully saturated rings. The fourth-order valence-electron chi connectivity index (χ4n) is 4.51. The monoisotopic (exact) mass is 624 g/mol. The molecule has 236 valence electrons. The molecule has 9 nitrogen and oxygen atoms in total. The number of hydrogen-bond acceptors (Lipinski definition) is 7. The number of halogens is 1. The number of amides is 2. The second-order valence-electron chi connectivity index (χ2n) is 11.2. The van der Waals surface area contributed by atoms with Gasteiger partial charge in [0, 0.05) is 31.2 Å². The summed E-state index contributed by atoms with van der Waals surface area (Å²) >= 11 is 6.28. The summed E-state index contributed by atoms with van der Waals surface area (Å²) < 4.78 is 16.7. The molecule has 2 amide bonds. The summed E-state index contributed by atoms with van der Waals surface area (Å²) in [6, 6.07) is 13.9. The Kier molecular flexibility index (Phi) is 13.0. The second kappa shape index (κ2) is 16.7. The number of ether oxygens (including phenoxy) is 3. The lowest BCUT2D eigenvalue weighted by atomic mass is 9.99. The topological polar surface area (TPSA) is 120 Å². The van der Waals surface area contributed by atoms with Crippen LogP contribution in [-0.4, -0.2) is 55.7 Å². The highest BCUT2D eigenvalue weighted by atomic mass is 35.5. The zero-order valence-electron chi connectivity index (χ0n) is 25.7. The number of carbonyl (C=O) groups excluding carboxylic acids is 4. The molecule has 0 aliphatic carbocycles. The van der Waals surface area contributed by atoms with E-state index in [1.165, 1.54) is 13.2 Å². The molecule has 0 saturated carbocycles. The van der Waals surface area contributed by atoms with E-state index in [1.807, 2.05) is 49.4 Å². The second-order valence-corrected chi connectivity index (χ2v) is 11.6. The zero-order chi connectivity index (χ0) is 32.2. The Balaban J connectivity index is 1.89. The van der Waals surface area contributed by atoms with E-state index < -0.39 is 47.9 Å². The van der Waals surface area contributed by atoms with Gasteiger partial charge in [-0.25, -0.2) is 4.79 Å². The highest BCUT2D eigenvalue weighted by Gasteiger charge is 2.33. The van der Waals surface area contributed by atoms with Crippen molar-refractivity contribution in [2.24, 2.45) is 17.8 Å². The van der Waals surface area contributed by atoms with Crippen LogP contribution in [0.4, 0.5) is 0 Å². The van der Waals surface area contributed by atoms with Crippen LogP contribution in [0.2, 0.25) is 5.02 Å². The number of benzene rings is 2. The number of methoxy groups -OCH3 is 1. The minimum absolute atomic E-state index is 0.0625. The molecule has 5 atom stereocenters. The molecule has 3 rings (SSSR count). The molecule has 0 radical (unpaired) electrons. The Labute approximate surface area is 264 Å². The van der Waals surface area contributed by atoms with Crippen molar-refractivity contribution < 1.29 is 33.4 Å². The van der Waals surface area contributed by atoms with Crippen LogP contribution in [-0.2, 0) is 35.1 Å². The van der Waals surface area contributed by atoms with Gasteiger partial charge < -0.3 is 24.8 Å². The van der Waals surface area contributed by atoms with Gasteiger partial charge in [-0.2, -0.15) is 0 Å². The van der Waals surface area contributed by atoms with E-state index in [0.29, 0.717) is 16.3 Å². The lowest BCUT2D eigenvalue weighted by Gasteiger charge is -2.27. The van der Waals surface area contributed by atoms with Gasteiger partial charge >= 0.3 is 11.9 Å². The lowest BCUT2D eigenvalue weighted by Crippen LogP contribution is -2.49. The van der Waals surface area contributed by atoms with Crippen LogP contribution < -0.4 is 15.4 Å². The van der Waals surface area contributed by atoms with Crippen molar-refractivity contribution in [1.29, 1.82) is 0 Å². The van der Waals surface area contributed by atoms with Gasteiger partial charge in [0.05, 0.1) is 18.1 Å². The SMILES string of the molecule is COc1ccc(CC2NC(=O)C=CCC(C(C)C=Cc3ccccc3)OC(=O)C(C(C)C)OC(=O)C(C)CNC2=O)cc1Cl. The molecule has 0 spiro atoms. The Hall–Kier alpha value is -4.11.